The van der Waals surface area contributed by atoms with Gasteiger partial charge in [-0.05, 0) is 64.4 Å². The van der Waals surface area contributed by atoms with Gasteiger partial charge in [-0.25, -0.2) is 12.8 Å². The molecule has 0 saturated carbocycles. The summed E-state index contributed by atoms with van der Waals surface area (Å²) in [6.07, 6.45) is 0.690. The van der Waals surface area contributed by atoms with E-state index in [9.17, 15) is 22.4 Å². The number of hydrogen-bond donors (Lipinski definition) is 1. The summed E-state index contributed by atoms with van der Waals surface area (Å²) in [4.78, 5) is 28.2. The molecule has 0 saturated heterocycles. The maximum absolute atomic E-state index is 14.6. The number of anilines is 1. The van der Waals surface area contributed by atoms with Crippen LogP contribution in [-0.2, 0) is 26.2 Å². The van der Waals surface area contributed by atoms with Crippen LogP contribution in [0.5, 0.6) is 0 Å². The Bertz CT molecular complexity index is 1390. The van der Waals surface area contributed by atoms with Crippen LogP contribution in [0, 0.1) is 19.7 Å². The molecule has 3 aromatic carbocycles. The van der Waals surface area contributed by atoms with Crippen LogP contribution >= 0.6 is 0 Å². The predicted octanol–water partition coefficient (Wildman–Crippen LogP) is 4.97. The standard InChI is InChI=1S/C30H36FN3O4S/c1-6-23(4)32-30(36)24(5)33(19-25-9-7-8-10-28(25)31)29(35)20-34(26-15-11-21(2)12-16-26)39(37,38)27-17-13-22(3)14-18-27/h7-18,23-24H,6,19-20H2,1-5H3,(H,32,36)/t23-,24+/m0/s1. The molecule has 2 atom stereocenters. The van der Waals surface area contributed by atoms with E-state index in [2.05, 4.69) is 5.32 Å². The number of carbonyl (C=O) groups excluding carboxylic acids is 2. The molecule has 0 bridgehead atoms. The highest BCUT2D eigenvalue weighted by Gasteiger charge is 2.33. The van der Waals surface area contributed by atoms with E-state index in [4.69, 9.17) is 0 Å². The van der Waals surface area contributed by atoms with Crippen LogP contribution in [-0.4, -0.2) is 43.8 Å². The zero-order valence-electron chi connectivity index (χ0n) is 23.0. The van der Waals surface area contributed by atoms with Crippen LogP contribution in [0.2, 0.25) is 0 Å². The molecule has 0 fully saturated rings. The van der Waals surface area contributed by atoms with Crippen molar-refractivity contribution in [2.45, 2.75) is 64.6 Å². The van der Waals surface area contributed by atoms with Crippen LogP contribution in [0.15, 0.2) is 77.7 Å². The second-order valence-electron chi connectivity index (χ2n) is 9.77. The molecule has 0 unspecified atom stereocenters. The molecule has 0 aliphatic heterocycles. The maximum Gasteiger partial charge on any atom is 0.264 e. The molecule has 2 amide bonds. The van der Waals surface area contributed by atoms with E-state index in [0.717, 1.165) is 15.4 Å². The Morgan fingerprint density at radius 3 is 2.03 bits per heavy atom. The Hall–Kier alpha value is -3.72. The molecule has 0 aromatic heterocycles. The molecule has 208 valence electrons. The van der Waals surface area contributed by atoms with Gasteiger partial charge >= 0.3 is 0 Å². The summed E-state index contributed by atoms with van der Waals surface area (Å²) >= 11 is 0. The first-order chi connectivity index (χ1) is 18.4. The number of hydrogen-bond acceptors (Lipinski definition) is 4. The molecule has 1 N–H and O–H groups in total. The van der Waals surface area contributed by atoms with Crippen molar-refractivity contribution in [1.82, 2.24) is 10.2 Å². The van der Waals surface area contributed by atoms with Crippen molar-refractivity contribution in [3.05, 3.63) is 95.3 Å². The van der Waals surface area contributed by atoms with Crippen molar-refractivity contribution in [3.8, 4) is 0 Å². The van der Waals surface area contributed by atoms with E-state index < -0.39 is 40.2 Å². The van der Waals surface area contributed by atoms with Gasteiger partial charge in [0.05, 0.1) is 10.6 Å². The van der Waals surface area contributed by atoms with E-state index in [-0.39, 0.29) is 23.0 Å². The average Bonchev–Trinajstić information content (AvgIpc) is 2.91. The normalized spacial score (nSPS) is 12.9. The predicted molar refractivity (Wildman–Crippen MR) is 151 cm³/mol. The molecule has 3 aromatic rings. The Balaban J connectivity index is 2.03. The Morgan fingerprint density at radius 1 is 0.897 bits per heavy atom. The quantitative estimate of drug-likeness (QED) is 0.363. The molecule has 0 aliphatic carbocycles. The highest BCUT2D eigenvalue weighted by molar-refractivity contribution is 7.92. The van der Waals surface area contributed by atoms with Gasteiger partial charge in [0.25, 0.3) is 10.0 Å². The van der Waals surface area contributed by atoms with Crippen LogP contribution in [0.4, 0.5) is 10.1 Å². The minimum atomic E-state index is -4.15. The smallest absolute Gasteiger partial charge is 0.264 e. The molecule has 3 rings (SSSR count). The first-order valence-electron chi connectivity index (χ1n) is 12.9. The number of nitrogens with zero attached hydrogens (tertiary/aromatic N) is 2. The number of amides is 2. The molecule has 0 spiro atoms. The van der Waals surface area contributed by atoms with Crippen molar-refractivity contribution in [3.63, 3.8) is 0 Å². The summed E-state index contributed by atoms with van der Waals surface area (Å²) in [5, 5.41) is 2.86. The lowest BCUT2D eigenvalue weighted by atomic mass is 10.1. The van der Waals surface area contributed by atoms with Gasteiger partial charge in [0.2, 0.25) is 11.8 Å². The lowest BCUT2D eigenvalue weighted by molar-refractivity contribution is -0.139. The van der Waals surface area contributed by atoms with Crippen molar-refractivity contribution < 1.29 is 22.4 Å². The van der Waals surface area contributed by atoms with Crippen molar-refractivity contribution in [1.29, 1.82) is 0 Å². The molecule has 7 nitrogen and oxygen atoms in total. The fraction of sp³-hybridized carbons (Fsp3) is 0.333. The van der Waals surface area contributed by atoms with Gasteiger partial charge in [-0.2, -0.15) is 0 Å². The summed E-state index contributed by atoms with van der Waals surface area (Å²) < 4.78 is 43.2. The van der Waals surface area contributed by atoms with Gasteiger partial charge in [0, 0.05) is 18.2 Å². The van der Waals surface area contributed by atoms with E-state index in [1.807, 2.05) is 27.7 Å². The van der Waals surface area contributed by atoms with Crippen molar-refractivity contribution >= 4 is 27.5 Å². The Labute approximate surface area is 230 Å². The molecule has 0 radical (unpaired) electrons. The molecule has 39 heavy (non-hydrogen) atoms. The first kappa shape index (κ1) is 29.8. The summed E-state index contributed by atoms with van der Waals surface area (Å²) in [7, 11) is -4.15. The van der Waals surface area contributed by atoms with Crippen LogP contribution < -0.4 is 9.62 Å². The second-order valence-corrected chi connectivity index (χ2v) is 11.6. The number of benzene rings is 3. The molecule has 9 heteroatoms. The van der Waals surface area contributed by atoms with Gasteiger partial charge in [-0.3, -0.25) is 13.9 Å². The number of nitrogens with one attached hydrogen (secondary N) is 1. The minimum absolute atomic E-state index is 0.0321. The van der Waals surface area contributed by atoms with E-state index in [1.165, 1.54) is 35.2 Å². The third kappa shape index (κ3) is 7.44. The average molecular weight is 554 g/mol. The van der Waals surface area contributed by atoms with Gasteiger partial charge < -0.3 is 10.2 Å². The molecular formula is C30H36FN3O4S. The van der Waals surface area contributed by atoms with E-state index in [0.29, 0.717) is 12.1 Å². The third-order valence-electron chi connectivity index (χ3n) is 6.68. The van der Waals surface area contributed by atoms with Gasteiger partial charge in [-0.1, -0.05) is 60.5 Å². The largest absolute Gasteiger partial charge is 0.352 e. The zero-order valence-corrected chi connectivity index (χ0v) is 23.8. The maximum atomic E-state index is 14.6. The number of halogens is 1. The first-order valence-corrected chi connectivity index (χ1v) is 14.4. The van der Waals surface area contributed by atoms with Gasteiger partial charge in [0.1, 0.15) is 18.4 Å². The molecule has 0 heterocycles. The highest BCUT2D eigenvalue weighted by atomic mass is 32.2. The van der Waals surface area contributed by atoms with Gasteiger partial charge in [-0.15, -0.1) is 0 Å². The van der Waals surface area contributed by atoms with Crippen LogP contribution in [0.3, 0.4) is 0 Å². The number of aryl methyl sites for hydroxylation is 2. The molecular weight excluding hydrogens is 517 g/mol. The Morgan fingerprint density at radius 2 is 1.46 bits per heavy atom. The fourth-order valence-corrected chi connectivity index (χ4v) is 5.35. The number of carbonyl (C=O) groups is 2. The van der Waals surface area contributed by atoms with Crippen molar-refractivity contribution in [2.24, 2.45) is 0 Å². The summed E-state index contributed by atoms with van der Waals surface area (Å²) in [5.74, 6) is -1.56. The monoisotopic (exact) mass is 553 g/mol. The number of rotatable bonds is 11. The summed E-state index contributed by atoms with van der Waals surface area (Å²) in [6, 6.07) is 18.1. The zero-order chi connectivity index (χ0) is 28.7. The lowest BCUT2D eigenvalue weighted by Crippen LogP contribution is -2.52. The van der Waals surface area contributed by atoms with Gasteiger partial charge in [0.15, 0.2) is 0 Å². The summed E-state index contributed by atoms with van der Waals surface area (Å²) in [5.41, 5.74) is 2.34. The second kappa shape index (κ2) is 12.9. The fourth-order valence-electron chi connectivity index (χ4n) is 3.94. The molecule has 0 aliphatic rings. The van der Waals surface area contributed by atoms with Crippen LogP contribution in [0.1, 0.15) is 43.9 Å². The minimum Gasteiger partial charge on any atom is -0.352 e. The topological polar surface area (TPSA) is 86.8 Å². The van der Waals surface area contributed by atoms with Crippen LogP contribution in [0.25, 0.3) is 0 Å². The highest BCUT2D eigenvalue weighted by Crippen LogP contribution is 2.25. The van der Waals surface area contributed by atoms with E-state index >= 15 is 0 Å². The lowest BCUT2D eigenvalue weighted by Gasteiger charge is -2.32. The SMILES string of the molecule is CC[C@H](C)NC(=O)[C@@H](C)N(Cc1ccccc1F)C(=O)CN(c1ccc(C)cc1)S(=O)(=O)c1ccc(C)cc1. The number of sulfonamides is 1. The van der Waals surface area contributed by atoms with E-state index in [1.54, 1.807) is 49.4 Å². The van der Waals surface area contributed by atoms with Crippen molar-refractivity contribution in [2.75, 3.05) is 10.8 Å². The Kier molecular flexibility index (Phi) is 9.86. The summed E-state index contributed by atoms with van der Waals surface area (Å²) in [6.45, 7) is 8.28. The third-order valence-corrected chi connectivity index (χ3v) is 8.46.